The lowest BCUT2D eigenvalue weighted by Crippen LogP contribution is -2.19. The Morgan fingerprint density at radius 2 is 2.11 bits per heavy atom. The van der Waals surface area contributed by atoms with Crippen LogP contribution in [-0.2, 0) is 13.0 Å². The topological polar surface area (TPSA) is 38.0 Å². The number of benzene rings is 1. The fraction of sp³-hybridized carbons (Fsp3) is 0.400. The zero-order valence-electron chi connectivity index (χ0n) is 10.4. The van der Waals surface area contributed by atoms with Gasteiger partial charge < -0.3 is 9.67 Å². The van der Waals surface area contributed by atoms with Crippen LogP contribution in [0.25, 0.3) is 0 Å². The third kappa shape index (κ3) is 2.06. The molecule has 2 aromatic rings. The van der Waals surface area contributed by atoms with Crippen LogP contribution < -0.4 is 0 Å². The molecule has 3 rings (SSSR count). The van der Waals surface area contributed by atoms with E-state index in [1.54, 1.807) is 0 Å². The van der Waals surface area contributed by atoms with Gasteiger partial charge in [0.15, 0.2) is 0 Å². The van der Waals surface area contributed by atoms with Gasteiger partial charge in [0.1, 0.15) is 5.82 Å². The molecular formula is C15H18N2O. The molecule has 0 bridgehead atoms. The largest absolute Gasteiger partial charge is 0.396 e. The van der Waals surface area contributed by atoms with Crippen LogP contribution in [0.2, 0.25) is 0 Å². The van der Waals surface area contributed by atoms with Gasteiger partial charge in [0.05, 0.1) is 6.61 Å². The number of aromatic nitrogens is 2. The Balaban J connectivity index is 1.88. The summed E-state index contributed by atoms with van der Waals surface area (Å²) >= 11 is 0. The minimum absolute atomic E-state index is 0.233. The summed E-state index contributed by atoms with van der Waals surface area (Å²) in [5.41, 5.74) is 2.49. The normalized spacial score (nSPS) is 18.6. The monoisotopic (exact) mass is 242 g/mol. The van der Waals surface area contributed by atoms with Crippen molar-refractivity contribution in [1.29, 1.82) is 0 Å². The van der Waals surface area contributed by atoms with Gasteiger partial charge in [-0.2, -0.15) is 0 Å². The maximum absolute atomic E-state index is 9.40. The van der Waals surface area contributed by atoms with Gasteiger partial charge in [0.2, 0.25) is 0 Å². The molecule has 94 valence electrons. The molecule has 1 aliphatic rings. The quantitative estimate of drug-likeness (QED) is 0.897. The van der Waals surface area contributed by atoms with Crippen LogP contribution in [-0.4, -0.2) is 21.3 Å². The number of aliphatic hydroxyl groups is 1. The number of rotatable bonds is 3. The second-order valence-corrected chi connectivity index (χ2v) is 4.94. The Hall–Kier alpha value is -1.61. The number of hydrogen-bond acceptors (Lipinski definition) is 2. The van der Waals surface area contributed by atoms with Crippen LogP contribution in [0, 0.1) is 0 Å². The standard InChI is InChI=1S/C15H18N2O/c18-11-13-7-4-8-17-14(13)10-16-15(17)9-12-5-2-1-3-6-12/h1-3,5-6,10,13,18H,4,7-9,11H2. The molecule has 1 atom stereocenters. The van der Waals surface area contributed by atoms with Crippen molar-refractivity contribution in [1.82, 2.24) is 9.55 Å². The predicted octanol–water partition coefficient (Wildman–Crippen LogP) is 2.34. The maximum Gasteiger partial charge on any atom is 0.113 e. The molecular weight excluding hydrogens is 224 g/mol. The summed E-state index contributed by atoms with van der Waals surface area (Å²) in [4.78, 5) is 4.54. The molecule has 1 N–H and O–H groups in total. The Kier molecular flexibility index (Phi) is 3.15. The molecule has 0 fully saturated rings. The lowest BCUT2D eigenvalue weighted by Gasteiger charge is -2.23. The first-order valence-electron chi connectivity index (χ1n) is 6.57. The van der Waals surface area contributed by atoms with Crippen LogP contribution in [0.1, 0.15) is 35.8 Å². The van der Waals surface area contributed by atoms with E-state index in [4.69, 9.17) is 0 Å². The second-order valence-electron chi connectivity index (χ2n) is 4.94. The van der Waals surface area contributed by atoms with E-state index in [0.29, 0.717) is 0 Å². The van der Waals surface area contributed by atoms with Crippen LogP contribution in [0.15, 0.2) is 36.5 Å². The van der Waals surface area contributed by atoms with Crippen molar-refractivity contribution in [2.75, 3.05) is 6.61 Å². The lowest BCUT2D eigenvalue weighted by molar-refractivity contribution is 0.240. The molecule has 0 amide bonds. The number of aliphatic hydroxyl groups excluding tert-OH is 1. The highest BCUT2D eigenvalue weighted by molar-refractivity contribution is 5.22. The van der Waals surface area contributed by atoms with Crippen LogP contribution in [0.3, 0.4) is 0 Å². The van der Waals surface area contributed by atoms with Crippen LogP contribution in [0.5, 0.6) is 0 Å². The Labute approximate surface area is 107 Å². The number of nitrogens with zero attached hydrogens (tertiary/aromatic N) is 2. The van der Waals surface area contributed by atoms with Crippen molar-refractivity contribution in [3.63, 3.8) is 0 Å². The first-order chi connectivity index (χ1) is 8.88. The van der Waals surface area contributed by atoms with Gasteiger partial charge in [-0.25, -0.2) is 4.98 Å². The van der Waals surface area contributed by atoms with Gasteiger partial charge in [-0.3, -0.25) is 0 Å². The minimum Gasteiger partial charge on any atom is -0.396 e. The van der Waals surface area contributed by atoms with Gasteiger partial charge in [-0.15, -0.1) is 0 Å². The van der Waals surface area contributed by atoms with E-state index in [-0.39, 0.29) is 12.5 Å². The van der Waals surface area contributed by atoms with E-state index >= 15 is 0 Å². The van der Waals surface area contributed by atoms with Gasteiger partial charge in [-0.1, -0.05) is 30.3 Å². The summed E-state index contributed by atoms with van der Waals surface area (Å²) in [6.07, 6.45) is 5.03. The minimum atomic E-state index is 0.233. The summed E-state index contributed by atoms with van der Waals surface area (Å²) in [6.45, 7) is 1.27. The van der Waals surface area contributed by atoms with Crippen molar-refractivity contribution in [3.8, 4) is 0 Å². The Morgan fingerprint density at radius 1 is 1.28 bits per heavy atom. The van der Waals surface area contributed by atoms with E-state index in [1.165, 1.54) is 11.3 Å². The molecule has 1 aromatic carbocycles. The average Bonchev–Trinajstić information content (AvgIpc) is 2.83. The summed E-state index contributed by atoms with van der Waals surface area (Å²) in [5.74, 6) is 1.39. The number of imidazole rings is 1. The average molecular weight is 242 g/mol. The van der Waals surface area contributed by atoms with Crippen molar-refractivity contribution in [3.05, 3.63) is 53.6 Å². The van der Waals surface area contributed by atoms with Crippen LogP contribution >= 0.6 is 0 Å². The summed E-state index contributed by atoms with van der Waals surface area (Å²) < 4.78 is 2.29. The van der Waals surface area contributed by atoms with E-state index in [0.717, 1.165) is 31.6 Å². The first kappa shape index (κ1) is 11.5. The summed E-state index contributed by atoms with van der Waals surface area (Å²) in [7, 11) is 0. The fourth-order valence-corrected chi connectivity index (χ4v) is 2.76. The summed E-state index contributed by atoms with van der Waals surface area (Å²) in [5, 5.41) is 9.40. The highest BCUT2D eigenvalue weighted by atomic mass is 16.3. The molecule has 0 radical (unpaired) electrons. The highest BCUT2D eigenvalue weighted by Gasteiger charge is 2.22. The van der Waals surface area contributed by atoms with Gasteiger partial charge in [-0.05, 0) is 18.4 Å². The van der Waals surface area contributed by atoms with Gasteiger partial charge in [0.25, 0.3) is 0 Å². The van der Waals surface area contributed by atoms with Gasteiger partial charge >= 0.3 is 0 Å². The van der Waals surface area contributed by atoms with E-state index in [1.807, 2.05) is 12.3 Å². The first-order valence-corrected chi connectivity index (χ1v) is 6.57. The van der Waals surface area contributed by atoms with Crippen molar-refractivity contribution >= 4 is 0 Å². The zero-order valence-corrected chi connectivity index (χ0v) is 10.4. The predicted molar refractivity (Wildman–Crippen MR) is 70.5 cm³/mol. The third-order valence-electron chi connectivity index (χ3n) is 3.75. The Morgan fingerprint density at radius 3 is 2.89 bits per heavy atom. The number of fused-ring (bicyclic) bond motifs is 1. The molecule has 3 nitrogen and oxygen atoms in total. The van der Waals surface area contributed by atoms with Crippen molar-refractivity contribution in [2.24, 2.45) is 0 Å². The zero-order chi connectivity index (χ0) is 12.4. The molecule has 3 heteroatoms. The fourth-order valence-electron chi connectivity index (χ4n) is 2.76. The molecule has 1 unspecified atom stereocenters. The smallest absolute Gasteiger partial charge is 0.113 e. The molecule has 1 aromatic heterocycles. The Bertz CT molecular complexity index is 519. The molecule has 0 aliphatic carbocycles. The van der Waals surface area contributed by atoms with Gasteiger partial charge in [0, 0.05) is 30.8 Å². The molecule has 0 saturated carbocycles. The second kappa shape index (κ2) is 4.94. The van der Waals surface area contributed by atoms with Crippen molar-refractivity contribution < 1.29 is 5.11 Å². The molecule has 0 spiro atoms. The summed E-state index contributed by atoms with van der Waals surface area (Å²) in [6, 6.07) is 10.4. The SMILES string of the molecule is OCC1CCCn2c1cnc2Cc1ccccc1. The third-order valence-corrected chi connectivity index (χ3v) is 3.75. The molecule has 1 aliphatic heterocycles. The molecule has 18 heavy (non-hydrogen) atoms. The van der Waals surface area contributed by atoms with Crippen LogP contribution in [0.4, 0.5) is 0 Å². The maximum atomic E-state index is 9.40. The van der Waals surface area contributed by atoms with E-state index in [2.05, 4.69) is 33.8 Å². The highest BCUT2D eigenvalue weighted by Crippen LogP contribution is 2.28. The van der Waals surface area contributed by atoms with E-state index < -0.39 is 0 Å². The molecule has 0 saturated heterocycles. The number of hydrogen-bond donors (Lipinski definition) is 1. The molecule has 2 heterocycles. The van der Waals surface area contributed by atoms with E-state index in [9.17, 15) is 5.11 Å². The van der Waals surface area contributed by atoms with Crippen molar-refractivity contribution in [2.45, 2.75) is 31.7 Å². The lowest BCUT2D eigenvalue weighted by atomic mass is 9.97.